The quantitative estimate of drug-likeness (QED) is 0.732. The number of rotatable bonds is 9. The molecule has 0 saturated carbocycles. The van der Waals surface area contributed by atoms with Gasteiger partial charge in [0, 0.05) is 21.9 Å². The maximum Gasteiger partial charge on any atom is 0.0327 e. The zero-order chi connectivity index (χ0) is 13.4. The number of nitrogens with one attached hydrogen (secondary N) is 1. The molecule has 1 unspecified atom stereocenters. The van der Waals surface area contributed by atoms with Crippen LogP contribution in [0.25, 0.3) is 0 Å². The van der Waals surface area contributed by atoms with Gasteiger partial charge in [-0.1, -0.05) is 13.8 Å². The van der Waals surface area contributed by atoms with Gasteiger partial charge in [0.1, 0.15) is 0 Å². The second-order valence-electron chi connectivity index (χ2n) is 4.64. The highest BCUT2D eigenvalue weighted by Gasteiger charge is 2.06. The topological polar surface area (TPSA) is 15.3 Å². The Bertz CT molecular complexity index is 323. The average Bonchev–Trinajstić information content (AvgIpc) is 2.78. The van der Waals surface area contributed by atoms with Crippen LogP contribution in [0.5, 0.6) is 0 Å². The third kappa shape index (κ3) is 5.83. The Morgan fingerprint density at radius 2 is 2.11 bits per heavy atom. The second kappa shape index (κ2) is 9.08. The first-order valence-electron chi connectivity index (χ1n) is 6.85. The van der Waals surface area contributed by atoms with E-state index in [1.165, 1.54) is 41.8 Å². The van der Waals surface area contributed by atoms with Crippen LogP contribution in [0, 0.1) is 0 Å². The Morgan fingerprint density at radius 1 is 1.39 bits per heavy atom. The Balaban J connectivity index is 2.14. The summed E-state index contributed by atoms with van der Waals surface area (Å²) in [4.78, 5) is 3.88. The van der Waals surface area contributed by atoms with E-state index in [9.17, 15) is 0 Å². The van der Waals surface area contributed by atoms with E-state index >= 15 is 0 Å². The molecule has 1 aromatic rings. The summed E-state index contributed by atoms with van der Waals surface area (Å²) in [6.07, 6.45) is 2.53. The summed E-state index contributed by atoms with van der Waals surface area (Å²) in [6.45, 7) is 11.3. The molecule has 0 aromatic carbocycles. The lowest BCUT2D eigenvalue weighted by atomic mass is 10.1. The predicted octanol–water partition coefficient (Wildman–Crippen LogP) is 4.11. The minimum Gasteiger partial charge on any atom is -0.309 e. The van der Waals surface area contributed by atoms with Crippen molar-refractivity contribution in [2.24, 2.45) is 0 Å². The minimum atomic E-state index is 0.592. The van der Waals surface area contributed by atoms with Crippen LogP contribution in [0.4, 0.5) is 0 Å². The van der Waals surface area contributed by atoms with Gasteiger partial charge in [-0.05, 0) is 66.8 Å². The van der Waals surface area contributed by atoms with Crippen LogP contribution in [-0.4, -0.2) is 30.6 Å². The number of hydrogen-bond acceptors (Lipinski definition) is 3. The molecule has 104 valence electrons. The van der Waals surface area contributed by atoms with Crippen molar-refractivity contribution in [1.29, 1.82) is 0 Å². The average molecular weight is 333 g/mol. The van der Waals surface area contributed by atoms with Gasteiger partial charge in [-0.15, -0.1) is 11.3 Å². The molecule has 0 amide bonds. The van der Waals surface area contributed by atoms with Crippen LogP contribution in [-0.2, 0) is 6.54 Å². The molecule has 0 saturated heterocycles. The predicted molar refractivity (Wildman–Crippen MR) is 85.3 cm³/mol. The summed E-state index contributed by atoms with van der Waals surface area (Å²) in [6, 6.07) is 2.71. The monoisotopic (exact) mass is 332 g/mol. The number of halogens is 1. The van der Waals surface area contributed by atoms with Crippen molar-refractivity contribution in [3.8, 4) is 0 Å². The minimum absolute atomic E-state index is 0.592. The molecule has 1 atom stereocenters. The van der Waals surface area contributed by atoms with Gasteiger partial charge in [0.2, 0.25) is 0 Å². The fraction of sp³-hybridized carbons (Fsp3) is 0.714. The molecule has 2 nitrogen and oxygen atoms in total. The van der Waals surface area contributed by atoms with Crippen LogP contribution >= 0.6 is 27.3 Å². The van der Waals surface area contributed by atoms with Crippen molar-refractivity contribution in [1.82, 2.24) is 10.2 Å². The van der Waals surface area contributed by atoms with Crippen molar-refractivity contribution >= 4 is 27.3 Å². The van der Waals surface area contributed by atoms with E-state index in [2.05, 4.69) is 58.4 Å². The van der Waals surface area contributed by atoms with Gasteiger partial charge >= 0.3 is 0 Å². The molecular formula is C14H25BrN2S. The van der Waals surface area contributed by atoms with Gasteiger partial charge < -0.3 is 10.2 Å². The summed E-state index contributed by atoms with van der Waals surface area (Å²) in [5.74, 6) is 0. The third-order valence-electron chi connectivity index (χ3n) is 3.31. The summed E-state index contributed by atoms with van der Waals surface area (Å²) in [5, 5.41) is 5.73. The van der Waals surface area contributed by atoms with Crippen LogP contribution in [0.3, 0.4) is 0 Å². The maximum absolute atomic E-state index is 3.60. The fourth-order valence-electron chi connectivity index (χ4n) is 1.98. The Morgan fingerprint density at radius 3 is 2.67 bits per heavy atom. The lowest BCUT2D eigenvalue weighted by Gasteiger charge is -2.19. The highest BCUT2D eigenvalue weighted by atomic mass is 79.9. The molecule has 0 fully saturated rings. The molecule has 1 rings (SSSR count). The lowest BCUT2D eigenvalue weighted by Crippen LogP contribution is -2.28. The fourth-order valence-corrected chi connectivity index (χ4v) is 3.42. The SMILES string of the molecule is CCN(CC)CCCC(C)NCc1sccc1Br. The Kier molecular flexibility index (Phi) is 8.15. The molecule has 0 aliphatic rings. The molecule has 0 aliphatic heterocycles. The van der Waals surface area contributed by atoms with Crippen LogP contribution in [0.1, 0.15) is 38.5 Å². The highest BCUT2D eigenvalue weighted by molar-refractivity contribution is 9.10. The molecule has 0 spiro atoms. The van der Waals surface area contributed by atoms with Crippen molar-refractivity contribution in [2.45, 2.75) is 46.2 Å². The molecule has 18 heavy (non-hydrogen) atoms. The first kappa shape index (κ1) is 16.2. The zero-order valence-corrected chi connectivity index (χ0v) is 14.1. The highest BCUT2D eigenvalue weighted by Crippen LogP contribution is 2.22. The molecule has 1 N–H and O–H groups in total. The molecule has 1 heterocycles. The third-order valence-corrected chi connectivity index (χ3v) is 5.23. The normalized spacial score (nSPS) is 13.2. The summed E-state index contributed by atoms with van der Waals surface area (Å²) in [7, 11) is 0. The van der Waals surface area contributed by atoms with Crippen LogP contribution in [0.2, 0.25) is 0 Å². The molecule has 0 radical (unpaired) electrons. The van der Waals surface area contributed by atoms with E-state index in [0.29, 0.717) is 6.04 Å². The first-order chi connectivity index (χ1) is 8.67. The van der Waals surface area contributed by atoms with Gasteiger partial charge in [0.15, 0.2) is 0 Å². The van der Waals surface area contributed by atoms with Crippen molar-refractivity contribution in [3.05, 3.63) is 20.8 Å². The molecule has 1 aromatic heterocycles. The van der Waals surface area contributed by atoms with Gasteiger partial charge in [0.05, 0.1) is 0 Å². The van der Waals surface area contributed by atoms with Crippen LogP contribution in [0.15, 0.2) is 15.9 Å². The van der Waals surface area contributed by atoms with Crippen molar-refractivity contribution < 1.29 is 0 Å². The molecular weight excluding hydrogens is 308 g/mol. The second-order valence-corrected chi connectivity index (χ2v) is 6.50. The summed E-state index contributed by atoms with van der Waals surface area (Å²) < 4.78 is 1.23. The summed E-state index contributed by atoms with van der Waals surface area (Å²) >= 11 is 5.38. The van der Waals surface area contributed by atoms with E-state index in [4.69, 9.17) is 0 Å². The van der Waals surface area contributed by atoms with E-state index < -0.39 is 0 Å². The largest absolute Gasteiger partial charge is 0.309 e. The van der Waals surface area contributed by atoms with Gasteiger partial charge in [-0.2, -0.15) is 0 Å². The zero-order valence-electron chi connectivity index (χ0n) is 11.7. The van der Waals surface area contributed by atoms with E-state index in [-0.39, 0.29) is 0 Å². The van der Waals surface area contributed by atoms with Crippen molar-refractivity contribution in [2.75, 3.05) is 19.6 Å². The maximum atomic E-state index is 3.60. The summed E-state index contributed by atoms with van der Waals surface area (Å²) in [5.41, 5.74) is 0. The number of hydrogen-bond donors (Lipinski definition) is 1. The molecule has 0 bridgehead atoms. The van der Waals surface area contributed by atoms with Crippen LogP contribution < -0.4 is 5.32 Å². The van der Waals surface area contributed by atoms with Gasteiger partial charge in [-0.3, -0.25) is 0 Å². The molecule has 4 heteroatoms. The Labute approximate surface area is 124 Å². The standard InChI is InChI=1S/C14H25BrN2S/c1-4-17(5-2)9-6-7-12(3)16-11-14-13(15)8-10-18-14/h8,10,12,16H,4-7,9,11H2,1-3H3. The van der Waals surface area contributed by atoms with Gasteiger partial charge in [0.25, 0.3) is 0 Å². The van der Waals surface area contributed by atoms with E-state index in [0.717, 1.165) is 6.54 Å². The Hall–Kier alpha value is 0.100. The van der Waals surface area contributed by atoms with Gasteiger partial charge in [-0.25, -0.2) is 0 Å². The first-order valence-corrected chi connectivity index (χ1v) is 8.52. The smallest absolute Gasteiger partial charge is 0.0327 e. The van der Waals surface area contributed by atoms with E-state index in [1.54, 1.807) is 0 Å². The van der Waals surface area contributed by atoms with Crippen molar-refractivity contribution in [3.63, 3.8) is 0 Å². The molecule has 0 aliphatic carbocycles. The number of nitrogens with zero attached hydrogens (tertiary/aromatic N) is 1. The number of thiophene rings is 1. The lowest BCUT2D eigenvalue weighted by molar-refractivity contribution is 0.290. The van der Waals surface area contributed by atoms with E-state index in [1.807, 2.05) is 11.3 Å².